The third-order valence-corrected chi connectivity index (χ3v) is 7.70. The number of hydrazone groups is 1. The van der Waals surface area contributed by atoms with Crippen molar-refractivity contribution in [3.63, 3.8) is 0 Å². The number of imide groups is 1. The van der Waals surface area contributed by atoms with Crippen molar-refractivity contribution in [2.45, 2.75) is 78.1 Å². The summed E-state index contributed by atoms with van der Waals surface area (Å²) in [7, 11) is -3.46. The molecule has 2 unspecified atom stereocenters. The lowest BCUT2D eigenvalue weighted by atomic mass is 9.81. The maximum atomic E-state index is 12.7. The normalized spacial score (nSPS) is 21.7. The molecule has 1 saturated heterocycles. The van der Waals surface area contributed by atoms with Crippen LogP contribution in [0.25, 0.3) is 0 Å². The van der Waals surface area contributed by atoms with Crippen LogP contribution in [0, 0.1) is 11.8 Å². The van der Waals surface area contributed by atoms with Crippen LogP contribution >= 0.6 is 0 Å². The van der Waals surface area contributed by atoms with Crippen molar-refractivity contribution in [2.75, 3.05) is 10.7 Å². The van der Waals surface area contributed by atoms with E-state index in [-0.39, 0.29) is 29.4 Å². The SMILES string of the molecule is CCCCCCCCS(=O)(=O)NN=C(C)c1ccc(N2C(=O)C3CCCCC3C2=O)cc1. The molecule has 2 amide bonds. The highest BCUT2D eigenvalue weighted by Gasteiger charge is 2.48. The van der Waals surface area contributed by atoms with E-state index in [1.54, 1.807) is 31.2 Å². The molecule has 32 heavy (non-hydrogen) atoms. The van der Waals surface area contributed by atoms with Gasteiger partial charge in [0, 0.05) is 0 Å². The van der Waals surface area contributed by atoms with Gasteiger partial charge in [-0.05, 0) is 43.9 Å². The second-order valence-electron chi connectivity index (χ2n) is 8.93. The minimum atomic E-state index is -3.46. The summed E-state index contributed by atoms with van der Waals surface area (Å²) in [6.07, 6.45) is 9.66. The summed E-state index contributed by atoms with van der Waals surface area (Å²) in [5.74, 6) is -0.489. The summed E-state index contributed by atoms with van der Waals surface area (Å²) in [5.41, 5.74) is 1.82. The molecular weight excluding hydrogens is 426 g/mol. The Labute approximate surface area is 191 Å². The fourth-order valence-corrected chi connectivity index (χ4v) is 5.54. The summed E-state index contributed by atoms with van der Waals surface area (Å²) in [5, 5.41) is 4.04. The van der Waals surface area contributed by atoms with Crippen molar-refractivity contribution in [1.82, 2.24) is 4.83 Å². The van der Waals surface area contributed by atoms with Gasteiger partial charge in [0.1, 0.15) is 0 Å². The molecule has 2 fully saturated rings. The van der Waals surface area contributed by atoms with E-state index in [1.165, 1.54) is 17.7 Å². The average molecular weight is 462 g/mol. The van der Waals surface area contributed by atoms with Crippen molar-refractivity contribution in [1.29, 1.82) is 0 Å². The number of carbonyl (C=O) groups excluding carboxylic acids is 2. The molecule has 1 aromatic rings. The molecule has 2 aliphatic rings. The molecule has 1 N–H and O–H groups in total. The maximum absolute atomic E-state index is 12.7. The second-order valence-corrected chi connectivity index (χ2v) is 10.8. The van der Waals surface area contributed by atoms with Gasteiger partial charge in [-0.15, -0.1) is 0 Å². The summed E-state index contributed by atoms with van der Waals surface area (Å²) >= 11 is 0. The molecule has 176 valence electrons. The number of fused-ring (bicyclic) bond motifs is 1. The number of unbranched alkanes of at least 4 members (excludes halogenated alkanes) is 5. The van der Waals surface area contributed by atoms with Gasteiger partial charge >= 0.3 is 0 Å². The number of hydrogen-bond acceptors (Lipinski definition) is 5. The zero-order chi connectivity index (χ0) is 23.1. The molecule has 0 bridgehead atoms. The first kappa shape index (κ1) is 24.4. The lowest BCUT2D eigenvalue weighted by molar-refractivity contribution is -0.122. The van der Waals surface area contributed by atoms with E-state index >= 15 is 0 Å². The van der Waals surface area contributed by atoms with Crippen LogP contribution in [0.5, 0.6) is 0 Å². The Hall–Kier alpha value is -2.22. The molecule has 1 aliphatic heterocycles. The predicted octanol–water partition coefficient (Wildman–Crippen LogP) is 4.37. The number of nitrogens with one attached hydrogen (secondary N) is 1. The van der Waals surface area contributed by atoms with Crippen LogP contribution in [-0.4, -0.2) is 31.7 Å². The number of anilines is 1. The monoisotopic (exact) mass is 461 g/mol. The third kappa shape index (κ3) is 5.97. The molecule has 1 aliphatic carbocycles. The Morgan fingerprint density at radius 3 is 2.12 bits per heavy atom. The van der Waals surface area contributed by atoms with Crippen molar-refractivity contribution < 1.29 is 18.0 Å². The molecule has 0 radical (unpaired) electrons. The van der Waals surface area contributed by atoms with Gasteiger partial charge in [-0.3, -0.25) is 14.5 Å². The highest BCUT2D eigenvalue weighted by molar-refractivity contribution is 7.89. The summed E-state index contributed by atoms with van der Waals surface area (Å²) < 4.78 is 24.4. The van der Waals surface area contributed by atoms with Crippen LogP contribution in [0.3, 0.4) is 0 Å². The number of amides is 2. The summed E-state index contributed by atoms with van der Waals surface area (Å²) in [6, 6.07) is 6.98. The highest BCUT2D eigenvalue weighted by Crippen LogP contribution is 2.40. The number of carbonyl (C=O) groups is 2. The molecule has 3 rings (SSSR count). The smallest absolute Gasteiger partial charge is 0.247 e. The number of rotatable bonds is 11. The van der Waals surface area contributed by atoms with Gasteiger partial charge in [0.25, 0.3) is 0 Å². The second kappa shape index (κ2) is 11.1. The zero-order valence-corrected chi connectivity index (χ0v) is 20.0. The molecule has 1 saturated carbocycles. The molecule has 0 spiro atoms. The van der Waals surface area contributed by atoms with Crippen molar-refractivity contribution in [3.05, 3.63) is 29.8 Å². The van der Waals surface area contributed by atoms with Gasteiger partial charge in [-0.2, -0.15) is 5.10 Å². The molecule has 1 heterocycles. The number of benzene rings is 1. The Morgan fingerprint density at radius 1 is 0.969 bits per heavy atom. The van der Waals surface area contributed by atoms with E-state index in [9.17, 15) is 18.0 Å². The molecule has 8 heteroatoms. The van der Waals surface area contributed by atoms with Crippen LogP contribution in [0.4, 0.5) is 5.69 Å². The fraction of sp³-hybridized carbons (Fsp3) is 0.625. The van der Waals surface area contributed by atoms with E-state index in [4.69, 9.17) is 0 Å². The fourth-order valence-electron chi connectivity index (χ4n) is 4.59. The quantitative estimate of drug-likeness (QED) is 0.229. The van der Waals surface area contributed by atoms with Crippen LogP contribution in [0.15, 0.2) is 29.4 Å². The van der Waals surface area contributed by atoms with Gasteiger partial charge in [0.2, 0.25) is 21.8 Å². The van der Waals surface area contributed by atoms with Gasteiger partial charge < -0.3 is 0 Å². The molecule has 2 atom stereocenters. The minimum Gasteiger partial charge on any atom is -0.274 e. The maximum Gasteiger partial charge on any atom is 0.247 e. The standard InChI is InChI=1S/C24H35N3O4S/c1-3-4-5-6-7-10-17-32(30,31)26-25-18(2)19-13-15-20(16-14-19)27-23(28)21-11-8-9-12-22(21)24(27)29/h13-16,21-22,26H,3-12,17H2,1-2H3. The summed E-state index contributed by atoms with van der Waals surface area (Å²) in [6.45, 7) is 3.88. The summed E-state index contributed by atoms with van der Waals surface area (Å²) in [4.78, 5) is 29.1. The number of nitrogens with zero attached hydrogens (tertiary/aromatic N) is 2. The molecule has 1 aromatic carbocycles. The first-order valence-corrected chi connectivity index (χ1v) is 13.5. The Balaban J connectivity index is 1.56. The Bertz CT molecular complexity index is 916. The van der Waals surface area contributed by atoms with Crippen LogP contribution in [-0.2, 0) is 19.6 Å². The number of hydrogen-bond donors (Lipinski definition) is 1. The lowest BCUT2D eigenvalue weighted by Gasteiger charge is -2.19. The van der Waals surface area contributed by atoms with Crippen LogP contribution < -0.4 is 9.73 Å². The zero-order valence-electron chi connectivity index (χ0n) is 19.2. The van der Waals surface area contributed by atoms with Gasteiger partial charge in [0.05, 0.1) is 29.0 Å². The van der Waals surface area contributed by atoms with Gasteiger partial charge in [-0.1, -0.05) is 64.0 Å². The Kier molecular flexibility index (Phi) is 8.45. The number of sulfonamides is 1. The first-order chi connectivity index (χ1) is 15.3. The van der Waals surface area contributed by atoms with Gasteiger partial charge in [0.15, 0.2) is 0 Å². The van der Waals surface area contributed by atoms with E-state index in [0.29, 0.717) is 17.8 Å². The average Bonchev–Trinajstić information content (AvgIpc) is 3.05. The molecular formula is C24H35N3O4S. The Morgan fingerprint density at radius 2 is 1.53 bits per heavy atom. The van der Waals surface area contributed by atoms with Crippen molar-refractivity contribution in [3.8, 4) is 0 Å². The largest absolute Gasteiger partial charge is 0.274 e. The van der Waals surface area contributed by atoms with Gasteiger partial charge in [-0.25, -0.2) is 13.2 Å². The van der Waals surface area contributed by atoms with E-state index in [1.807, 2.05) is 0 Å². The van der Waals surface area contributed by atoms with Crippen molar-refractivity contribution >= 4 is 33.2 Å². The molecule has 0 aromatic heterocycles. The van der Waals surface area contributed by atoms with E-state index in [2.05, 4.69) is 16.9 Å². The van der Waals surface area contributed by atoms with Crippen LogP contribution in [0.2, 0.25) is 0 Å². The van der Waals surface area contributed by atoms with E-state index < -0.39 is 10.0 Å². The first-order valence-electron chi connectivity index (χ1n) is 11.9. The highest BCUT2D eigenvalue weighted by atomic mass is 32.2. The predicted molar refractivity (Wildman–Crippen MR) is 127 cm³/mol. The minimum absolute atomic E-state index is 0.0658. The lowest BCUT2D eigenvalue weighted by Crippen LogP contribution is -2.30. The van der Waals surface area contributed by atoms with Crippen molar-refractivity contribution in [2.24, 2.45) is 16.9 Å². The molecule has 7 nitrogen and oxygen atoms in total. The topological polar surface area (TPSA) is 95.9 Å². The van der Waals surface area contributed by atoms with E-state index in [0.717, 1.165) is 50.5 Å². The third-order valence-electron chi connectivity index (χ3n) is 6.50. The van der Waals surface area contributed by atoms with Crippen LogP contribution in [0.1, 0.15) is 83.6 Å².